The zero-order valence-electron chi connectivity index (χ0n) is 9.02. The van der Waals surface area contributed by atoms with Crippen LogP contribution in [0.15, 0.2) is 18.5 Å². The monoisotopic (exact) mass is 207 g/mol. The summed E-state index contributed by atoms with van der Waals surface area (Å²) in [6.45, 7) is 5.67. The molecule has 2 rings (SSSR count). The van der Waals surface area contributed by atoms with E-state index in [1.54, 1.807) is 12.4 Å². The van der Waals surface area contributed by atoms with E-state index >= 15 is 0 Å². The molecule has 15 heavy (non-hydrogen) atoms. The minimum absolute atomic E-state index is 0.464. The maximum absolute atomic E-state index is 5.86. The van der Waals surface area contributed by atoms with Crippen molar-refractivity contribution in [2.75, 3.05) is 25.5 Å². The highest BCUT2D eigenvalue weighted by molar-refractivity contribution is 5.43. The Balaban J connectivity index is 2.04. The lowest BCUT2D eigenvalue weighted by Gasteiger charge is -2.33. The van der Waals surface area contributed by atoms with Crippen molar-refractivity contribution >= 4 is 5.69 Å². The number of nitrogens with two attached hydrogens (primary N) is 1. The molecule has 0 aliphatic carbocycles. The van der Waals surface area contributed by atoms with E-state index in [0.29, 0.717) is 6.04 Å². The maximum atomic E-state index is 5.86. The van der Waals surface area contributed by atoms with Gasteiger partial charge in [0.05, 0.1) is 25.1 Å². The number of ether oxygens (including phenoxy) is 1. The van der Waals surface area contributed by atoms with Gasteiger partial charge in [-0.15, -0.1) is 0 Å². The fourth-order valence-electron chi connectivity index (χ4n) is 1.79. The second-order valence-electron chi connectivity index (χ2n) is 3.97. The Morgan fingerprint density at radius 1 is 1.67 bits per heavy atom. The molecule has 0 unspecified atom stereocenters. The molecule has 1 atom stereocenters. The average molecular weight is 207 g/mol. The number of hydrogen-bond acceptors (Lipinski definition) is 4. The van der Waals surface area contributed by atoms with Crippen molar-refractivity contribution in [1.82, 2.24) is 9.88 Å². The highest BCUT2D eigenvalue weighted by Crippen LogP contribution is 2.15. The molecule has 1 aromatic rings. The second kappa shape index (κ2) is 4.59. The first-order valence-corrected chi connectivity index (χ1v) is 5.27. The summed E-state index contributed by atoms with van der Waals surface area (Å²) >= 11 is 0. The van der Waals surface area contributed by atoms with Gasteiger partial charge in [-0.1, -0.05) is 0 Å². The number of anilines is 1. The number of aromatic nitrogens is 1. The Hall–Kier alpha value is -1.13. The van der Waals surface area contributed by atoms with Gasteiger partial charge >= 0.3 is 0 Å². The minimum atomic E-state index is 0.464. The molecule has 0 bridgehead atoms. The van der Waals surface area contributed by atoms with Gasteiger partial charge in [-0.3, -0.25) is 9.88 Å². The SMILES string of the molecule is C[C@H]1COCCN1Cc1ccncc1N. The van der Waals surface area contributed by atoms with E-state index in [4.69, 9.17) is 10.5 Å². The molecule has 0 spiro atoms. The summed E-state index contributed by atoms with van der Waals surface area (Å²) in [5.41, 5.74) is 7.79. The lowest BCUT2D eigenvalue weighted by molar-refractivity contribution is -0.00428. The van der Waals surface area contributed by atoms with Gasteiger partial charge in [0.25, 0.3) is 0 Å². The van der Waals surface area contributed by atoms with E-state index in [-0.39, 0.29) is 0 Å². The molecule has 4 nitrogen and oxygen atoms in total. The first-order chi connectivity index (χ1) is 7.27. The molecule has 1 aromatic heterocycles. The highest BCUT2D eigenvalue weighted by atomic mass is 16.5. The van der Waals surface area contributed by atoms with E-state index in [1.165, 1.54) is 0 Å². The molecule has 0 amide bonds. The van der Waals surface area contributed by atoms with Crippen molar-refractivity contribution in [3.8, 4) is 0 Å². The lowest BCUT2D eigenvalue weighted by atomic mass is 10.2. The van der Waals surface area contributed by atoms with Crippen molar-refractivity contribution in [3.05, 3.63) is 24.0 Å². The van der Waals surface area contributed by atoms with Crippen LogP contribution < -0.4 is 5.73 Å². The van der Waals surface area contributed by atoms with Gasteiger partial charge in [-0.05, 0) is 18.6 Å². The molecule has 1 saturated heterocycles. The van der Waals surface area contributed by atoms with Crippen LogP contribution in [0.4, 0.5) is 5.69 Å². The van der Waals surface area contributed by atoms with Crippen LogP contribution in [-0.2, 0) is 11.3 Å². The van der Waals surface area contributed by atoms with Gasteiger partial charge in [0, 0.05) is 25.3 Å². The molecule has 82 valence electrons. The zero-order chi connectivity index (χ0) is 10.7. The summed E-state index contributed by atoms with van der Waals surface area (Å²) in [5, 5.41) is 0. The standard InChI is InChI=1S/C11H17N3O/c1-9-8-15-5-4-14(9)7-10-2-3-13-6-11(10)12/h2-3,6,9H,4-5,7-8,12H2,1H3/t9-/m0/s1. The minimum Gasteiger partial charge on any atom is -0.397 e. The van der Waals surface area contributed by atoms with Crippen molar-refractivity contribution < 1.29 is 4.74 Å². The van der Waals surface area contributed by atoms with Crippen molar-refractivity contribution in [2.24, 2.45) is 0 Å². The van der Waals surface area contributed by atoms with Crippen molar-refractivity contribution in [3.63, 3.8) is 0 Å². The summed E-state index contributed by atoms with van der Waals surface area (Å²) in [7, 11) is 0. The number of pyridine rings is 1. The van der Waals surface area contributed by atoms with Gasteiger partial charge < -0.3 is 10.5 Å². The van der Waals surface area contributed by atoms with Gasteiger partial charge in [0.2, 0.25) is 0 Å². The Bertz CT molecular complexity index is 329. The predicted octanol–water partition coefficient (Wildman–Crippen LogP) is 0.884. The number of hydrogen-bond donors (Lipinski definition) is 1. The third-order valence-corrected chi connectivity index (χ3v) is 2.82. The zero-order valence-corrected chi connectivity index (χ0v) is 9.02. The third-order valence-electron chi connectivity index (χ3n) is 2.82. The van der Waals surface area contributed by atoms with Crippen LogP contribution in [0.1, 0.15) is 12.5 Å². The largest absolute Gasteiger partial charge is 0.397 e. The molecule has 2 heterocycles. The second-order valence-corrected chi connectivity index (χ2v) is 3.97. The van der Waals surface area contributed by atoms with E-state index in [9.17, 15) is 0 Å². The number of nitrogens with zero attached hydrogens (tertiary/aromatic N) is 2. The average Bonchev–Trinajstić information content (AvgIpc) is 2.24. The fourth-order valence-corrected chi connectivity index (χ4v) is 1.79. The molecule has 2 N–H and O–H groups in total. The van der Waals surface area contributed by atoms with Crippen LogP contribution >= 0.6 is 0 Å². The smallest absolute Gasteiger partial charge is 0.0619 e. The molecule has 0 aromatic carbocycles. The van der Waals surface area contributed by atoms with Crippen LogP contribution in [0, 0.1) is 0 Å². The topological polar surface area (TPSA) is 51.4 Å². The summed E-state index contributed by atoms with van der Waals surface area (Å²) in [4.78, 5) is 6.37. The molecular formula is C11H17N3O. The first-order valence-electron chi connectivity index (χ1n) is 5.27. The summed E-state index contributed by atoms with van der Waals surface area (Å²) in [5.74, 6) is 0. The molecule has 1 aliphatic heterocycles. The van der Waals surface area contributed by atoms with Crippen molar-refractivity contribution in [2.45, 2.75) is 19.5 Å². The summed E-state index contributed by atoms with van der Waals surface area (Å²) in [6, 6.07) is 2.45. The predicted molar refractivity (Wildman–Crippen MR) is 59.3 cm³/mol. The van der Waals surface area contributed by atoms with Gasteiger partial charge in [0.15, 0.2) is 0 Å². The summed E-state index contributed by atoms with van der Waals surface area (Å²) < 4.78 is 5.39. The van der Waals surface area contributed by atoms with Crippen LogP contribution in [0.2, 0.25) is 0 Å². The molecule has 0 radical (unpaired) electrons. The number of rotatable bonds is 2. The number of morpholine rings is 1. The lowest BCUT2D eigenvalue weighted by Crippen LogP contribution is -2.43. The maximum Gasteiger partial charge on any atom is 0.0619 e. The van der Waals surface area contributed by atoms with Gasteiger partial charge in [-0.2, -0.15) is 0 Å². The fraction of sp³-hybridized carbons (Fsp3) is 0.545. The van der Waals surface area contributed by atoms with Crippen LogP contribution in [0.5, 0.6) is 0 Å². The molecule has 1 aliphatic rings. The van der Waals surface area contributed by atoms with E-state index in [0.717, 1.165) is 37.6 Å². The normalized spacial score (nSPS) is 22.9. The Morgan fingerprint density at radius 2 is 2.53 bits per heavy atom. The number of nitrogen functional groups attached to an aromatic ring is 1. The quantitative estimate of drug-likeness (QED) is 0.782. The van der Waals surface area contributed by atoms with Gasteiger partial charge in [-0.25, -0.2) is 0 Å². The Labute approximate surface area is 90.0 Å². The van der Waals surface area contributed by atoms with Crippen molar-refractivity contribution in [1.29, 1.82) is 0 Å². The Kier molecular flexibility index (Phi) is 3.18. The van der Waals surface area contributed by atoms with E-state index in [2.05, 4.69) is 16.8 Å². The molecule has 0 saturated carbocycles. The van der Waals surface area contributed by atoms with Crippen LogP contribution in [0.25, 0.3) is 0 Å². The van der Waals surface area contributed by atoms with Crippen LogP contribution in [-0.4, -0.2) is 35.7 Å². The first kappa shape index (κ1) is 10.4. The van der Waals surface area contributed by atoms with E-state index < -0.39 is 0 Å². The van der Waals surface area contributed by atoms with Gasteiger partial charge in [0.1, 0.15) is 0 Å². The highest BCUT2D eigenvalue weighted by Gasteiger charge is 2.19. The third kappa shape index (κ3) is 2.46. The summed E-state index contributed by atoms with van der Waals surface area (Å²) in [6.07, 6.45) is 3.50. The van der Waals surface area contributed by atoms with Crippen LogP contribution in [0.3, 0.4) is 0 Å². The molecular weight excluding hydrogens is 190 g/mol. The molecule has 1 fully saturated rings. The van der Waals surface area contributed by atoms with E-state index in [1.807, 2.05) is 6.07 Å². The molecule has 4 heteroatoms. The Morgan fingerprint density at radius 3 is 3.27 bits per heavy atom.